The third kappa shape index (κ3) is 6.44. The van der Waals surface area contributed by atoms with E-state index in [0.717, 1.165) is 69.9 Å². The SMILES string of the molecule is C=C1CCCC2=NC[C@H](C)CC[C@@]23CCC(C2C=C(C)C(=O)O2)=C(C)[C@@H]3/C=C(\C)[C@@H](O)C[C@H]2O[C@]3(CC[C@@]4(O[C@@H](CC[C@@]4(C)O)C1)O3)C[C@H]2C. The molecule has 3 fully saturated rings. The van der Waals surface area contributed by atoms with E-state index in [1.807, 2.05) is 19.9 Å². The molecule has 0 aromatic rings. The van der Waals surface area contributed by atoms with Crippen molar-refractivity contribution in [2.45, 2.75) is 173 Å². The molecule has 1 unspecified atom stereocenters. The first-order valence-corrected chi connectivity index (χ1v) is 19.6. The maximum absolute atomic E-state index is 12.5. The molecule has 6 heterocycles. The summed E-state index contributed by atoms with van der Waals surface area (Å²) in [5.74, 6) is -1.47. The molecule has 8 nitrogen and oxygen atoms in total. The van der Waals surface area contributed by atoms with Crippen LogP contribution in [0.15, 0.2) is 51.6 Å². The van der Waals surface area contributed by atoms with Crippen LogP contribution < -0.4 is 0 Å². The second-order valence-electron chi connectivity index (χ2n) is 17.6. The summed E-state index contributed by atoms with van der Waals surface area (Å²) in [5, 5.41) is 23.5. The second-order valence-corrected chi connectivity index (χ2v) is 17.6. The van der Waals surface area contributed by atoms with Gasteiger partial charge in [-0.2, -0.15) is 0 Å². The molecular formula is C42H61NO7. The number of ether oxygens (including phenoxy) is 4. The number of carbonyl (C=O) groups is 1. The number of carbonyl (C=O) groups excluding carboxylic acids is 1. The summed E-state index contributed by atoms with van der Waals surface area (Å²) in [6, 6.07) is 0. The van der Waals surface area contributed by atoms with Crippen LogP contribution in [0, 0.1) is 23.2 Å². The van der Waals surface area contributed by atoms with Gasteiger partial charge in [-0.1, -0.05) is 37.6 Å². The van der Waals surface area contributed by atoms with Crippen molar-refractivity contribution in [2.24, 2.45) is 28.2 Å². The van der Waals surface area contributed by atoms with Gasteiger partial charge in [-0.25, -0.2) is 4.79 Å². The van der Waals surface area contributed by atoms with E-state index >= 15 is 0 Å². The van der Waals surface area contributed by atoms with Gasteiger partial charge in [0.2, 0.25) is 5.79 Å². The summed E-state index contributed by atoms with van der Waals surface area (Å²) >= 11 is 0. The molecule has 7 aliphatic rings. The first kappa shape index (κ1) is 36.3. The van der Waals surface area contributed by atoms with Crippen molar-refractivity contribution >= 4 is 11.7 Å². The lowest BCUT2D eigenvalue weighted by molar-refractivity contribution is -0.387. The van der Waals surface area contributed by atoms with Gasteiger partial charge in [-0.3, -0.25) is 4.99 Å². The van der Waals surface area contributed by atoms with Crippen molar-refractivity contribution in [3.63, 3.8) is 0 Å². The second kappa shape index (κ2) is 13.4. The Bertz CT molecular complexity index is 1510. The number of fused-ring (bicyclic) bond motifs is 2. The number of rotatable bonds is 1. The fourth-order valence-electron chi connectivity index (χ4n) is 10.5. The maximum atomic E-state index is 12.5. The fraction of sp³-hybridized carbons (Fsp3) is 0.762. The van der Waals surface area contributed by atoms with Gasteiger partial charge >= 0.3 is 5.97 Å². The summed E-state index contributed by atoms with van der Waals surface area (Å²) in [6.07, 6.45) is 14.2. The Morgan fingerprint density at radius 3 is 2.54 bits per heavy atom. The number of aliphatic imine (C=N–C) groups is 1. The van der Waals surface area contributed by atoms with Gasteiger partial charge in [0, 0.05) is 54.8 Å². The third-order valence-corrected chi connectivity index (χ3v) is 13.8. The predicted octanol–water partition coefficient (Wildman–Crippen LogP) is 7.83. The molecule has 50 heavy (non-hydrogen) atoms. The Kier molecular flexibility index (Phi) is 9.71. The Hall–Kier alpha value is -2.10. The number of aliphatic hydroxyl groups is 2. The van der Waals surface area contributed by atoms with Crippen molar-refractivity contribution in [1.82, 2.24) is 0 Å². The standard InChI is InChI=1S/C42H61NO7/c1-25-9-8-10-37-40(15-11-26(2)24-43-37)16-13-32(36-21-28(4)38(45)47-36)30(6)33(40)20-27(3)34(44)22-35-29(5)23-41(49-35)17-18-42(50-41)39(7,46)14-12-31(19-25)48-42/h20-21,26,29,31,33-36,44,46H,1,8-19,22-24H2,2-7H3/b27-20+/t26-,29-,31+,33+,34+,35-,36?,39-,40+,41+,42-/m1/s1. The Morgan fingerprint density at radius 2 is 1.78 bits per heavy atom. The van der Waals surface area contributed by atoms with Crippen molar-refractivity contribution in [3.8, 4) is 0 Å². The fourth-order valence-corrected chi connectivity index (χ4v) is 10.5. The van der Waals surface area contributed by atoms with Crippen molar-refractivity contribution in [2.75, 3.05) is 6.54 Å². The average molecular weight is 692 g/mol. The molecule has 0 aromatic carbocycles. The molecule has 0 radical (unpaired) electrons. The van der Waals surface area contributed by atoms with Crippen molar-refractivity contribution in [1.29, 1.82) is 0 Å². The van der Waals surface area contributed by atoms with E-state index in [1.54, 1.807) is 0 Å². The molecule has 7 rings (SSSR count). The third-order valence-electron chi connectivity index (χ3n) is 13.8. The average Bonchev–Trinajstić information content (AvgIpc) is 3.65. The molecule has 4 bridgehead atoms. The van der Waals surface area contributed by atoms with Gasteiger partial charge in [0.1, 0.15) is 11.7 Å². The number of esters is 1. The highest BCUT2D eigenvalue weighted by Crippen LogP contribution is 2.57. The van der Waals surface area contributed by atoms with Crippen LogP contribution in [0.2, 0.25) is 0 Å². The quantitative estimate of drug-likeness (QED) is 0.213. The molecule has 0 saturated carbocycles. The number of hydrogen-bond donors (Lipinski definition) is 2. The summed E-state index contributed by atoms with van der Waals surface area (Å²) in [4.78, 5) is 17.9. The number of aliphatic hydroxyl groups excluding tert-OH is 1. The lowest BCUT2D eigenvalue weighted by Gasteiger charge is -2.49. The van der Waals surface area contributed by atoms with E-state index in [0.29, 0.717) is 43.6 Å². The van der Waals surface area contributed by atoms with E-state index in [1.165, 1.54) is 22.4 Å². The summed E-state index contributed by atoms with van der Waals surface area (Å²) in [7, 11) is 0. The molecular weight excluding hydrogens is 630 g/mol. The predicted molar refractivity (Wildman–Crippen MR) is 193 cm³/mol. The molecule has 1 aliphatic carbocycles. The zero-order valence-corrected chi connectivity index (χ0v) is 31.4. The Labute approximate surface area is 299 Å². The van der Waals surface area contributed by atoms with Crippen LogP contribution in [0.3, 0.4) is 0 Å². The Balaban J connectivity index is 1.27. The van der Waals surface area contributed by atoms with E-state index in [4.69, 9.17) is 23.9 Å². The van der Waals surface area contributed by atoms with Gasteiger partial charge in [-0.15, -0.1) is 0 Å². The van der Waals surface area contributed by atoms with Crippen molar-refractivity contribution < 1.29 is 34.0 Å². The first-order chi connectivity index (χ1) is 23.6. The first-order valence-electron chi connectivity index (χ1n) is 19.6. The molecule has 11 atom stereocenters. The minimum atomic E-state index is -1.12. The van der Waals surface area contributed by atoms with E-state index < -0.39 is 23.3 Å². The highest BCUT2D eigenvalue weighted by molar-refractivity contribution is 5.92. The summed E-state index contributed by atoms with van der Waals surface area (Å²) < 4.78 is 26.2. The van der Waals surface area contributed by atoms with Crippen LogP contribution >= 0.6 is 0 Å². The number of hydrogen-bond acceptors (Lipinski definition) is 8. The molecule has 0 amide bonds. The lowest BCUT2D eigenvalue weighted by atomic mass is 9.58. The molecule has 0 aromatic heterocycles. The van der Waals surface area contributed by atoms with Gasteiger partial charge in [0.05, 0.1) is 18.3 Å². The monoisotopic (exact) mass is 691 g/mol. The van der Waals surface area contributed by atoms with Gasteiger partial charge in [0.25, 0.3) is 0 Å². The molecule has 8 heteroatoms. The largest absolute Gasteiger partial charge is 0.450 e. The highest BCUT2D eigenvalue weighted by Gasteiger charge is 2.64. The number of cyclic esters (lactones) is 1. The number of allylic oxidation sites excluding steroid dienone is 2. The Morgan fingerprint density at radius 1 is 0.980 bits per heavy atom. The zero-order valence-electron chi connectivity index (χ0n) is 31.4. The maximum Gasteiger partial charge on any atom is 0.334 e. The van der Waals surface area contributed by atoms with Crippen LogP contribution in [-0.2, 0) is 23.7 Å². The van der Waals surface area contributed by atoms with E-state index in [9.17, 15) is 15.0 Å². The lowest BCUT2D eigenvalue weighted by Crippen LogP contribution is -2.60. The molecule has 6 aliphatic heterocycles. The van der Waals surface area contributed by atoms with Crippen LogP contribution in [0.4, 0.5) is 0 Å². The highest BCUT2D eigenvalue weighted by atomic mass is 16.8. The van der Waals surface area contributed by atoms with Gasteiger partial charge in [0.15, 0.2) is 5.79 Å². The van der Waals surface area contributed by atoms with Crippen molar-refractivity contribution in [3.05, 3.63) is 46.6 Å². The van der Waals surface area contributed by atoms with Gasteiger partial charge < -0.3 is 29.2 Å². The van der Waals surface area contributed by atoms with Crippen LogP contribution in [0.1, 0.15) is 131 Å². The minimum Gasteiger partial charge on any atom is -0.450 e. The molecule has 3 spiro atoms. The summed E-state index contributed by atoms with van der Waals surface area (Å²) in [5.41, 5.74) is 5.23. The van der Waals surface area contributed by atoms with Gasteiger partial charge in [-0.05, 0) is 121 Å². The van der Waals surface area contributed by atoms with E-state index in [2.05, 4.69) is 40.3 Å². The number of nitrogens with zero attached hydrogens (tertiary/aromatic N) is 1. The summed E-state index contributed by atoms with van der Waals surface area (Å²) in [6.45, 7) is 17.8. The molecule has 2 N–H and O–H groups in total. The minimum absolute atomic E-state index is 0.0319. The normalized spacial score (nSPS) is 47.0. The van der Waals surface area contributed by atoms with Crippen LogP contribution in [-0.4, -0.2) is 70.0 Å². The zero-order chi connectivity index (χ0) is 35.6. The molecule has 3 saturated heterocycles. The van der Waals surface area contributed by atoms with E-state index in [-0.39, 0.29) is 41.5 Å². The van der Waals surface area contributed by atoms with Crippen LogP contribution in [0.25, 0.3) is 0 Å². The smallest absolute Gasteiger partial charge is 0.334 e. The topological polar surface area (TPSA) is 107 Å². The molecule has 276 valence electrons. The van der Waals surface area contributed by atoms with Crippen LogP contribution in [0.5, 0.6) is 0 Å².